The molecule has 2 aliphatic heterocycles. The third-order valence-corrected chi connectivity index (χ3v) is 6.87. The fourth-order valence-electron chi connectivity index (χ4n) is 4.27. The zero-order valence-corrected chi connectivity index (χ0v) is 16.7. The van der Waals surface area contributed by atoms with Crippen molar-refractivity contribution in [1.29, 1.82) is 0 Å². The number of halogens is 2. The Morgan fingerprint density at radius 1 is 1.18 bits per heavy atom. The smallest absolute Gasteiger partial charge is 0.183 e. The largest absolute Gasteiger partial charge is 0.379 e. The van der Waals surface area contributed by atoms with Crippen molar-refractivity contribution >= 4 is 34.7 Å². The van der Waals surface area contributed by atoms with Crippen LogP contribution >= 0.6 is 23.2 Å². The van der Waals surface area contributed by atoms with Crippen LogP contribution in [0.1, 0.15) is 12.8 Å². The molecule has 146 valence electrons. The van der Waals surface area contributed by atoms with E-state index in [-0.39, 0.29) is 11.5 Å². The molecule has 28 heavy (non-hydrogen) atoms. The summed E-state index contributed by atoms with van der Waals surface area (Å²) in [6.07, 6.45) is 5.35. The molecule has 5 rings (SSSR count). The van der Waals surface area contributed by atoms with Crippen molar-refractivity contribution in [1.82, 2.24) is 19.6 Å². The summed E-state index contributed by atoms with van der Waals surface area (Å²) < 4.78 is 7.45. The summed E-state index contributed by atoms with van der Waals surface area (Å²) in [6.45, 7) is 3.17. The maximum atomic E-state index is 6.40. The van der Waals surface area contributed by atoms with Crippen LogP contribution in [0.2, 0.25) is 10.0 Å². The van der Waals surface area contributed by atoms with Crippen molar-refractivity contribution in [2.24, 2.45) is 11.1 Å². The molecule has 2 saturated heterocycles. The minimum atomic E-state index is 0.0969. The third-order valence-electron chi connectivity index (χ3n) is 6.05. The number of ether oxygens (including phenoxy) is 1. The first-order chi connectivity index (χ1) is 13.6. The lowest BCUT2D eigenvalue weighted by Gasteiger charge is -2.41. The van der Waals surface area contributed by atoms with Crippen LogP contribution in [0, 0.1) is 5.41 Å². The van der Waals surface area contributed by atoms with E-state index in [9.17, 15) is 0 Å². The minimum absolute atomic E-state index is 0.0969. The van der Waals surface area contributed by atoms with E-state index >= 15 is 0 Å². The van der Waals surface area contributed by atoms with Crippen LogP contribution in [0.5, 0.6) is 0 Å². The zero-order chi connectivity index (χ0) is 19.3. The molecule has 2 aliphatic rings. The summed E-state index contributed by atoms with van der Waals surface area (Å²) in [5, 5.41) is 5.38. The molecule has 0 amide bonds. The standard InChI is InChI=1S/C19H20Cl2N6O/c20-13-3-1-2-12(16(13)21)17-18-24-11-25-27(18)15(8-23-17)26-6-4-19(5-7-26)10-28-9-14(19)22/h1-3,8,11,14H,4-7,9-10,22H2. The molecule has 2 N–H and O–H groups in total. The molecule has 1 spiro atoms. The minimum Gasteiger partial charge on any atom is -0.379 e. The van der Waals surface area contributed by atoms with Crippen LogP contribution in [0.15, 0.2) is 30.7 Å². The predicted molar refractivity (Wildman–Crippen MR) is 109 cm³/mol. The van der Waals surface area contributed by atoms with Crippen molar-refractivity contribution in [2.75, 3.05) is 31.2 Å². The number of hydrogen-bond donors (Lipinski definition) is 1. The van der Waals surface area contributed by atoms with Gasteiger partial charge in [0.1, 0.15) is 12.0 Å². The van der Waals surface area contributed by atoms with Gasteiger partial charge in [0.05, 0.1) is 29.5 Å². The molecule has 1 aromatic carbocycles. The summed E-state index contributed by atoms with van der Waals surface area (Å²) in [5.74, 6) is 0.914. The van der Waals surface area contributed by atoms with E-state index in [1.807, 2.05) is 22.8 Å². The van der Waals surface area contributed by atoms with E-state index in [0.29, 0.717) is 28.0 Å². The predicted octanol–water partition coefficient (Wildman–Crippen LogP) is 3.04. The molecule has 1 atom stereocenters. The monoisotopic (exact) mass is 418 g/mol. The van der Waals surface area contributed by atoms with E-state index < -0.39 is 0 Å². The Bertz CT molecular complexity index is 1030. The molecule has 7 nitrogen and oxygen atoms in total. The number of hydrogen-bond acceptors (Lipinski definition) is 6. The van der Waals surface area contributed by atoms with Gasteiger partial charge in [-0.25, -0.2) is 9.97 Å². The number of aromatic nitrogens is 4. The second kappa shape index (κ2) is 6.84. The summed E-state index contributed by atoms with van der Waals surface area (Å²) >= 11 is 12.6. The molecule has 3 aromatic rings. The molecule has 0 radical (unpaired) electrons. The number of fused-ring (bicyclic) bond motifs is 1. The van der Waals surface area contributed by atoms with Crippen LogP contribution < -0.4 is 10.6 Å². The molecular weight excluding hydrogens is 399 g/mol. The SMILES string of the molecule is NC1COCC12CCN(c1cnc(-c3cccc(Cl)c3Cl)c3ncnn13)CC2. The van der Waals surface area contributed by atoms with Crippen LogP contribution in [0.3, 0.4) is 0 Å². The molecule has 4 heterocycles. The Kier molecular flexibility index (Phi) is 4.43. The molecular formula is C19H20Cl2N6O. The van der Waals surface area contributed by atoms with E-state index in [0.717, 1.165) is 43.9 Å². The summed E-state index contributed by atoms with van der Waals surface area (Å²) in [4.78, 5) is 11.4. The topological polar surface area (TPSA) is 81.6 Å². The maximum absolute atomic E-state index is 6.40. The second-order valence-corrected chi connectivity index (χ2v) is 8.32. The van der Waals surface area contributed by atoms with Gasteiger partial charge in [0.2, 0.25) is 0 Å². The van der Waals surface area contributed by atoms with Crippen molar-refractivity contribution in [3.8, 4) is 11.3 Å². The molecule has 9 heteroatoms. The van der Waals surface area contributed by atoms with Crippen molar-refractivity contribution in [3.05, 3.63) is 40.8 Å². The Labute approximate surface area is 172 Å². The highest BCUT2D eigenvalue weighted by Crippen LogP contribution is 2.40. The molecule has 0 bridgehead atoms. The summed E-state index contributed by atoms with van der Waals surface area (Å²) in [5.41, 5.74) is 8.46. The number of piperidine rings is 1. The van der Waals surface area contributed by atoms with Gasteiger partial charge in [-0.15, -0.1) is 0 Å². The molecule has 0 saturated carbocycles. The van der Waals surface area contributed by atoms with Gasteiger partial charge in [-0.3, -0.25) is 0 Å². The van der Waals surface area contributed by atoms with Crippen LogP contribution in [-0.4, -0.2) is 51.9 Å². The van der Waals surface area contributed by atoms with Crippen molar-refractivity contribution < 1.29 is 4.74 Å². The molecule has 2 fully saturated rings. The summed E-state index contributed by atoms with van der Waals surface area (Å²) in [6, 6.07) is 5.61. The zero-order valence-electron chi connectivity index (χ0n) is 15.2. The first-order valence-electron chi connectivity index (χ1n) is 9.30. The van der Waals surface area contributed by atoms with Gasteiger partial charge in [-0.05, 0) is 18.9 Å². The fraction of sp³-hybridized carbons (Fsp3) is 0.421. The maximum Gasteiger partial charge on any atom is 0.183 e. The average Bonchev–Trinajstić information content (AvgIpc) is 3.32. The second-order valence-electron chi connectivity index (χ2n) is 7.53. The highest BCUT2D eigenvalue weighted by Gasteiger charge is 2.44. The van der Waals surface area contributed by atoms with Gasteiger partial charge in [0.15, 0.2) is 11.5 Å². The first kappa shape index (κ1) is 18.1. The third kappa shape index (κ3) is 2.76. The average molecular weight is 419 g/mol. The van der Waals surface area contributed by atoms with Gasteiger partial charge in [-0.2, -0.15) is 9.61 Å². The Balaban J connectivity index is 1.50. The lowest BCUT2D eigenvalue weighted by atomic mass is 9.75. The lowest BCUT2D eigenvalue weighted by Crippen LogP contribution is -2.49. The van der Waals surface area contributed by atoms with Gasteiger partial charge in [0.25, 0.3) is 0 Å². The quantitative estimate of drug-likeness (QED) is 0.688. The summed E-state index contributed by atoms with van der Waals surface area (Å²) in [7, 11) is 0. The van der Waals surface area contributed by atoms with Crippen LogP contribution in [0.25, 0.3) is 16.9 Å². The lowest BCUT2D eigenvalue weighted by molar-refractivity contribution is 0.131. The van der Waals surface area contributed by atoms with Gasteiger partial charge in [0, 0.05) is 30.1 Å². The normalized spacial score (nSPS) is 21.7. The van der Waals surface area contributed by atoms with E-state index in [2.05, 4.69) is 20.0 Å². The van der Waals surface area contributed by atoms with Gasteiger partial charge >= 0.3 is 0 Å². The number of benzene rings is 1. The highest BCUT2D eigenvalue weighted by molar-refractivity contribution is 6.43. The highest BCUT2D eigenvalue weighted by atomic mass is 35.5. The van der Waals surface area contributed by atoms with Gasteiger partial charge in [-0.1, -0.05) is 35.3 Å². The Morgan fingerprint density at radius 3 is 2.75 bits per heavy atom. The number of nitrogens with zero attached hydrogens (tertiary/aromatic N) is 5. The van der Waals surface area contributed by atoms with E-state index in [4.69, 9.17) is 33.7 Å². The van der Waals surface area contributed by atoms with E-state index in [1.54, 1.807) is 6.07 Å². The van der Waals surface area contributed by atoms with E-state index in [1.165, 1.54) is 6.33 Å². The van der Waals surface area contributed by atoms with Crippen LogP contribution in [-0.2, 0) is 4.74 Å². The Hall–Kier alpha value is -1.93. The molecule has 0 aliphatic carbocycles. The van der Waals surface area contributed by atoms with Crippen molar-refractivity contribution in [2.45, 2.75) is 18.9 Å². The molecule has 2 aromatic heterocycles. The van der Waals surface area contributed by atoms with Crippen LogP contribution in [0.4, 0.5) is 5.82 Å². The van der Waals surface area contributed by atoms with Gasteiger partial charge < -0.3 is 15.4 Å². The fourth-order valence-corrected chi connectivity index (χ4v) is 4.66. The Morgan fingerprint density at radius 2 is 2.00 bits per heavy atom. The number of nitrogens with two attached hydrogens (primary N) is 1. The number of rotatable bonds is 2. The first-order valence-corrected chi connectivity index (χ1v) is 10.1. The number of anilines is 1. The molecule has 1 unspecified atom stereocenters. The van der Waals surface area contributed by atoms with Crippen molar-refractivity contribution in [3.63, 3.8) is 0 Å².